The molecule has 0 fully saturated rings. The van der Waals surface area contributed by atoms with E-state index >= 15 is 0 Å². The molecule has 0 heteroatoms. The van der Waals surface area contributed by atoms with Gasteiger partial charge in [0.25, 0.3) is 0 Å². The van der Waals surface area contributed by atoms with Crippen LogP contribution in [-0.4, -0.2) is 0 Å². The van der Waals surface area contributed by atoms with Crippen LogP contribution >= 0.6 is 0 Å². The Labute approximate surface area is 73.9 Å². The summed E-state index contributed by atoms with van der Waals surface area (Å²) in [6, 6.07) is 8.18. The Balaban J connectivity index is 3.01. The van der Waals surface area contributed by atoms with E-state index < -0.39 is 0 Å². The van der Waals surface area contributed by atoms with Gasteiger partial charge in [0.2, 0.25) is 0 Å². The first-order valence-corrected chi connectivity index (χ1v) is 4.02. The third-order valence-corrected chi connectivity index (χ3v) is 1.69. The molecular formula is C12H12. The third kappa shape index (κ3) is 2.00. The highest BCUT2D eigenvalue weighted by Gasteiger charge is 1.94. The van der Waals surface area contributed by atoms with Crippen molar-refractivity contribution in [2.75, 3.05) is 0 Å². The Kier molecular flexibility index (Phi) is 3.17. The second-order valence-electron chi connectivity index (χ2n) is 2.58. The molecule has 0 bridgehead atoms. The second kappa shape index (κ2) is 4.41. The van der Waals surface area contributed by atoms with Gasteiger partial charge in [-0.05, 0) is 18.1 Å². The zero-order valence-corrected chi connectivity index (χ0v) is 7.25. The molecule has 0 aliphatic heterocycles. The van der Waals surface area contributed by atoms with Gasteiger partial charge in [-0.1, -0.05) is 36.4 Å². The number of allylic oxidation sites excluding steroid dienone is 1. The Hall–Kier alpha value is -1.48. The first-order valence-electron chi connectivity index (χ1n) is 4.02. The molecule has 60 valence electrons. The van der Waals surface area contributed by atoms with Crippen molar-refractivity contribution in [2.45, 2.75) is 13.3 Å². The number of terminal acetylenes is 1. The number of hydrogen-bond acceptors (Lipinski definition) is 0. The normalized spacial score (nSPS) is 10.0. The smallest absolute Gasteiger partial charge is 0.0343 e. The molecular weight excluding hydrogens is 144 g/mol. The second-order valence-corrected chi connectivity index (χ2v) is 2.58. The third-order valence-electron chi connectivity index (χ3n) is 1.69. The van der Waals surface area contributed by atoms with Crippen molar-refractivity contribution >= 4 is 6.08 Å². The molecule has 0 aromatic heterocycles. The summed E-state index contributed by atoms with van der Waals surface area (Å²) in [6.45, 7) is 2.01. The average Bonchev–Trinajstić information content (AvgIpc) is 2.09. The molecule has 0 atom stereocenters. The molecule has 0 radical (unpaired) electrons. The quantitative estimate of drug-likeness (QED) is 0.577. The predicted octanol–water partition coefficient (Wildman–Crippen LogP) is 2.90. The Morgan fingerprint density at radius 1 is 1.42 bits per heavy atom. The molecule has 12 heavy (non-hydrogen) atoms. The van der Waals surface area contributed by atoms with E-state index in [2.05, 4.69) is 24.1 Å². The van der Waals surface area contributed by atoms with Gasteiger partial charge in [-0.2, -0.15) is 0 Å². The van der Waals surface area contributed by atoms with Gasteiger partial charge in [-0.3, -0.25) is 0 Å². The summed E-state index contributed by atoms with van der Waals surface area (Å²) in [5, 5.41) is 0. The van der Waals surface area contributed by atoms with Crippen molar-refractivity contribution in [2.24, 2.45) is 0 Å². The minimum atomic E-state index is 0.709. The molecule has 0 saturated heterocycles. The molecule has 0 N–H and O–H groups in total. The van der Waals surface area contributed by atoms with Gasteiger partial charge in [0, 0.05) is 6.42 Å². The lowest BCUT2D eigenvalue weighted by atomic mass is 10.0. The van der Waals surface area contributed by atoms with Crippen LogP contribution < -0.4 is 0 Å². The summed E-state index contributed by atoms with van der Waals surface area (Å²) < 4.78 is 0. The minimum absolute atomic E-state index is 0.709. The van der Waals surface area contributed by atoms with Gasteiger partial charge in [0.05, 0.1) is 0 Å². The summed E-state index contributed by atoms with van der Waals surface area (Å²) >= 11 is 0. The molecule has 0 aliphatic carbocycles. The molecule has 0 unspecified atom stereocenters. The lowest BCUT2D eigenvalue weighted by molar-refractivity contribution is 1.30. The number of rotatable bonds is 2. The summed E-state index contributed by atoms with van der Waals surface area (Å²) in [5.41, 5.74) is 2.44. The first kappa shape index (κ1) is 8.62. The van der Waals surface area contributed by atoms with Crippen LogP contribution in [0.2, 0.25) is 0 Å². The van der Waals surface area contributed by atoms with Crippen molar-refractivity contribution in [3.8, 4) is 12.3 Å². The fourth-order valence-corrected chi connectivity index (χ4v) is 1.15. The van der Waals surface area contributed by atoms with Crippen molar-refractivity contribution in [1.29, 1.82) is 0 Å². The van der Waals surface area contributed by atoms with E-state index in [1.54, 1.807) is 0 Å². The maximum absolute atomic E-state index is 5.25. The van der Waals surface area contributed by atoms with Gasteiger partial charge in [0.15, 0.2) is 0 Å². The molecule has 0 amide bonds. The van der Waals surface area contributed by atoms with E-state index in [0.717, 1.165) is 0 Å². The predicted molar refractivity (Wildman–Crippen MR) is 53.7 cm³/mol. The molecule has 1 aromatic carbocycles. The zero-order chi connectivity index (χ0) is 8.81. The van der Waals surface area contributed by atoms with E-state index in [-0.39, 0.29) is 0 Å². The Morgan fingerprint density at radius 2 is 2.17 bits per heavy atom. The van der Waals surface area contributed by atoms with Crippen LogP contribution in [0.3, 0.4) is 0 Å². The average molecular weight is 156 g/mol. The topological polar surface area (TPSA) is 0 Å². The largest absolute Gasteiger partial charge is 0.120 e. The molecule has 1 aromatic rings. The van der Waals surface area contributed by atoms with Gasteiger partial charge in [0.1, 0.15) is 0 Å². The van der Waals surface area contributed by atoms with Crippen LogP contribution in [0.25, 0.3) is 6.08 Å². The summed E-state index contributed by atoms with van der Waals surface area (Å²) in [5.74, 6) is 2.65. The standard InChI is InChI=1S/C12H12/c1-3-7-11-9-5-6-10-12(11)8-4-2/h1,4-6,8-10H,7H2,2H3/b8-4-. The SMILES string of the molecule is C#CCc1ccccc1/C=C\C. The summed E-state index contributed by atoms with van der Waals surface area (Å²) in [6.07, 6.45) is 10.1. The van der Waals surface area contributed by atoms with Crippen LogP contribution in [-0.2, 0) is 6.42 Å². The van der Waals surface area contributed by atoms with Crippen molar-refractivity contribution in [1.82, 2.24) is 0 Å². The fourth-order valence-electron chi connectivity index (χ4n) is 1.15. The molecule has 0 spiro atoms. The van der Waals surface area contributed by atoms with Gasteiger partial charge < -0.3 is 0 Å². The molecule has 0 heterocycles. The van der Waals surface area contributed by atoms with Crippen LogP contribution in [0.15, 0.2) is 30.3 Å². The molecule has 0 saturated carbocycles. The molecule has 0 nitrogen and oxygen atoms in total. The maximum atomic E-state index is 5.25. The van der Waals surface area contributed by atoms with E-state index in [4.69, 9.17) is 6.42 Å². The van der Waals surface area contributed by atoms with E-state index in [0.29, 0.717) is 6.42 Å². The lowest BCUT2D eigenvalue weighted by Crippen LogP contribution is -1.85. The van der Waals surface area contributed by atoms with Gasteiger partial charge >= 0.3 is 0 Å². The van der Waals surface area contributed by atoms with E-state index in [1.165, 1.54) is 11.1 Å². The highest BCUT2D eigenvalue weighted by molar-refractivity contribution is 5.54. The monoisotopic (exact) mass is 156 g/mol. The zero-order valence-electron chi connectivity index (χ0n) is 7.25. The first-order chi connectivity index (χ1) is 5.88. The molecule has 0 aliphatic rings. The van der Waals surface area contributed by atoms with Crippen LogP contribution in [0.4, 0.5) is 0 Å². The highest BCUT2D eigenvalue weighted by atomic mass is 14.0. The molecule has 1 rings (SSSR count). The maximum Gasteiger partial charge on any atom is 0.0343 e. The fraction of sp³-hybridized carbons (Fsp3) is 0.167. The summed E-state index contributed by atoms with van der Waals surface area (Å²) in [4.78, 5) is 0. The van der Waals surface area contributed by atoms with Crippen molar-refractivity contribution in [3.63, 3.8) is 0 Å². The Morgan fingerprint density at radius 3 is 2.83 bits per heavy atom. The van der Waals surface area contributed by atoms with Crippen LogP contribution in [0.1, 0.15) is 18.1 Å². The van der Waals surface area contributed by atoms with Crippen LogP contribution in [0, 0.1) is 12.3 Å². The van der Waals surface area contributed by atoms with Crippen molar-refractivity contribution < 1.29 is 0 Å². The van der Waals surface area contributed by atoms with Gasteiger partial charge in [-0.25, -0.2) is 0 Å². The van der Waals surface area contributed by atoms with E-state index in [9.17, 15) is 0 Å². The van der Waals surface area contributed by atoms with Crippen LogP contribution in [0.5, 0.6) is 0 Å². The summed E-state index contributed by atoms with van der Waals surface area (Å²) in [7, 11) is 0. The number of benzene rings is 1. The van der Waals surface area contributed by atoms with Gasteiger partial charge in [-0.15, -0.1) is 12.3 Å². The highest BCUT2D eigenvalue weighted by Crippen LogP contribution is 2.10. The Bertz CT molecular complexity index is 313. The van der Waals surface area contributed by atoms with E-state index in [1.807, 2.05) is 25.1 Å². The minimum Gasteiger partial charge on any atom is -0.120 e. The number of hydrogen-bond donors (Lipinski definition) is 0. The van der Waals surface area contributed by atoms with Crippen molar-refractivity contribution in [3.05, 3.63) is 41.5 Å². The lowest BCUT2D eigenvalue weighted by Gasteiger charge is -2.00.